The van der Waals surface area contributed by atoms with Gasteiger partial charge in [0.15, 0.2) is 0 Å². The molecule has 0 aliphatic rings. The van der Waals surface area contributed by atoms with E-state index in [-0.39, 0.29) is 11.8 Å². The maximum Gasteiger partial charge on any atom is 0.222 e. The lowest BCUT2D eigenvalue weighted by Gasteiger charge is -2.20. The van der Waals surface area contributed by atoms with E-state index >= 15 is 0 Å². The van der Waals surface area contributed by atoms with Crippen molar-refractivity contribution in [2.75, 3.05) is 13.1 Å². The fraction of sp³-hybridized carbons (Fsp3) is 0.800. The first-order valence-electron chi connectivity index (χ1n) is 5.17. The van der Waals surface area contributed by atoms with Gasteiger partial charge >= 0.3 is 0 Å². The number of hydrogen-bond donors (Lipinski definition) is 1. The number of hydrogen-bond acceptors (Lipinski definition) is 2. The highest BCUT2D eigenvalue weighted by atomic mass is 16.2. The summed E-state index contributed by atoms with van der Waals surface area (Å²) in [4.78, 5) is 23.7. The van der Waals surface area contributed by atoms with Crippen LogP contribution in [-0.2, 0) is 9.59 Å². The molecule has 0 rings (SSSR count). The Kier molecular flexibility index (Phi) is 6.80. The maximum absolute atomic E-state index is 11.5. The van der Waals surface area contributed by atoms with Crippen molar-refractivity contribution in [1.82, 2.24) is 4.90 Å². The van der Waals surface area contributed by atoms with Crippen molar-refractivity contribution < 1.29 is 9.59 Å². The van der Waals surface area contributed by atoms with Gasteiger partial charge in [-0.25, -0.2) is 0 Å². The quantitative estimate of drug-likeness (QED) is 0.663. The Morgan fingerprint density at radius 3 is 2.29 bits per heavy atom. The predicted octanol–water partition coefficient (Wildman–Crippen LogP) is 0.901. The summed E-state index contributed by atoms with van der Waals surface area (Å²) in [5.41, 5.74) is 5.01. The lowest BCUT2D eigenvalue weighted by molar-refractivity contribution is -0.131. The lowest BCUT2D eigenvalue weighted by Crippen LogP contribution is -2.32. The summed E-state index contributed by atoms with van der Waals surface area (Å²) < 4.78 is 0. The van der Waals surface area contributed by atoms with Crippen LogP contribution in [0.4, 0.5) is 0 Å². The van der Waals surface area contributed by atoms with Crippen molar-refractivity contribution in [3.05, 3.63) is 0 Å². The van der Waals surface area contributed by atoms with Gasteiger partial charge in [0.2, 0.25) is 11.8 Å². The molecule has 0 fully saturated rings. The first kappa shape index (κ1) is 12.9. The Bertz CT molecular complexity index is 193. The molecule has 2 amide bonds. The topological polar surface area (TPSA) is 63.4 Å². The van der Waals surface area contributed by atoms with Gasteiger partial charge in [0, 0.05) is 25.9 Å². The molecule has 0 saturated carbocycles. The minimum atomic E-state index is -0.302. The van der Waals surface area contributed by atoms with E-state index in [0.29, 0.717) is 32.4 Å². The van der Waals surface area contributed by atoms with Crippen LogP contribution in [0.5, 0.6) is 0 Å². The fourth-order valence-electron chi connectivity index (χ4n) is 1.28. The third-order valence-corrected chi connectivity index (χ3v) is 2.05. The van der Waals surface area contributed by atoms with Crippen molar-refractivity contribution >= 4 is 11.8 Å². The van der Waals surface area contributed by atoms with Crippen LogP contribution in [0, 0.1) is 0 Å². The number of nitrogens with zero attached hydrogens (tertiary/aromatic N) is 1. The molecule has 0 radical (unpaired) electrons. The van der Waals surface area contributed by atoms with E-state index in [2.05, 4.69) is 0 Å². The molecule has 0 bridgehead atoms. The van der Waals surface area contributed by atoms with E-state index in [1.54, 1.807) is 4.90 Å². The second-order valence-corrected chi connectivity index (χ2v) is 3.29. The van der Waals surface area contributed by atoms with Crippen LogP contribution in [0.15, 0.2) is 0 Å². The zero-order chi connectivity index (χ0) is 11.0. The van der Waals surface area contributed by atoms with E-state index in [9.17, 15) is 9.59 Å². The Balaban J connectivity index is 3.78. The molecule has 14 heavy (non-hydrogen) atoms. The summed E-state index contributed by atoms with van der Waals surface area (Å²) in [7, 11) is 0. The molecule has 0 atom stereocenters. The van der Waals surface area contributed by atoms with Crippen LogP contribution >= 0.6 is 0 Å². The molecule has 0 aliphatic carbocycles. The van der Waals surface area contributed by atoms with Gasteiger partial charge in [-0.1, -0.05) is 6.92 Å². The molecule has 82 valence electrons. The van der Waals surface area contributed by atoms with Crippen molar-refractivity contribution in [2.24, 2.45) is 5.73 Å². The van der Waals surface area contributed by atoms with Crippen molar-refractivity contribution in [1.29, 1.82) is 0 Å². The highest BCUT2D eigenvalue weighted by Gasteiger charge is 2.09. The monoisotopic (exact) mass is 200 g/mol. The average molecular weight is 200 g/mol. The van der Waals surface area contributed by atoms with Gasteiger partial charge in [-0.15, -0.1) is 0 Å². The summed E-state index contributed by atoms with van der Waals surface area (Å²) in [6.45, 7) is 5.27. The average Bonchev–Trinajstić information content (AvgIpc) is 2.12. The normalized spacial score (nSPS) is 9.86. The van der Waals surface area contributed by atoms with Crippen molar-refractivity contribution in [3.8, 4) is 0 Å². The van der Waals surface area contributed by atoms with Gasteiger partial charge in [0.05, 0.1) is 0 Å². The molecule has 0 aromatic rings. The second-order valence-electron chi connectivity index (χ2n) is 3.29. The van der Waals surface area contributed by atoms with Crippen LogP contribution in [0.2, 0.25) is 0 Å². The van der Waals surface area contributed by atoms with E-state index in [1.807, 2.05) is 13.8 Å². The van der Waals surface area contributed by atoms with Gasteiger partial charge in [-0.3, -0.25) is 9.59 Å². The zero-order valence-corrected chi connectivity index (χ0v) is 9.08. The molecular weight excluding hydrogens is 180 g/mol. The highest BCUT2D eigenvalue weighted by molar-refractivity contribution is 5.76. The van der Waals surface area contributed by atoms with E-state index in [4.69, 9.17) is 5.73 Å². The minimum absolute atomic E-state index is 0.166. The number of nitrogens with two attached hydrogens (primary N) is 1. The minimum Gasteiger partial charge on any atom is -0.370 e. The zero-order valence-electron chi connectivity index (χ0n) is 9.08. The van der Waals surface area contributed by atoms with Crippen LogP contribution in [0.3, 0.4) is 0 Å². The summed E-state index contributed by atoms with van der Waals surface area (Å²) in [5, 5.41) is 0. The third-order valence-electron chi connectivity index (χ3n) is 2.05. The number of rotatable bonds is 7. The summed E-state index contributed by atoms with van der Waals surface area (Å²) in [6, 6.07) is 0. The van der Waals surface area contributed by atoms with Gasteiger partial charge in [0.1, 0.15) is 0 Å². The molecule has 0 spiro atoms. The number of carbonyl (C=O) groups is 2. The lowest BCUT2D eigenvalue weighted by atomic mass is 10.2. The predicted molar refractivity (Wildman–Crippen MR) is 55.6 cm³/mol. The standard InChI is InChI=1S/C10H20N2O2/c1-3-6-10(14)12(4-2)8-5-7-9(11)13/h3-8H2,1-2H3,(H2,11,13). The Morgan fingerprint density at radius 2 is 1.86 bits per heavy atom. The second kappa shape index (κ2) is 7.35. The van der Waals surface area contributed by atoms with Crippen LogP contribution < -0.4 is 5.73 Å². The molecule has 4 heteroatoms. The summed E-state index contributed by atoms with van der Waals surface area (Å²) >= 11 is 0. The molecule has 0 aliphatic heterocycles. The van der Waals surface area contributed by atoms with Crippen LogP contribution in [-0.4, -0.2) is 29.8 Å². The van der Waals surface area contributed by atoms with E-state index in [1.165, 1.54) is 0 Å². The molecule has 0 heterocycles. The van der Waals surface area contributed by atoms with Gasteiger partial charge in [-0.2, -0.15) is 0 Å². The molecule has 4 nitrogen and oxygen atoms in total. The first-order valence-corrected chi connectivity index (χ1v) is 5.17. The molecular formula is C10H20N2O2. The van der Waals surface area contributed by atoms with Crippen LogP contribution in [0.25, 0.3) is 0 Å². The van der Waals surface area contributed by atoms with Gasteiger partial charge < -0.3 is 10.6 Å². The van der Waals surface area contributed by atoms with Crippen LogP contribution in [0.1, 0.15) is 39.5 Å². The number of amides is 2. The molecule has 0 aromatic heterocycles. The third kappa shape index (κ3) is 5.56. The highest BCUT2D eigenvalue weighted by Crippen LogP contribution is 2.00. The fourth-order valence-corrected chi connectivity index (χ4v) is 1.28. The van der Waals surface area contributed by atoms with Crippen molar-refractivity contribution in [3.63, 3.8) is 0 Å². The van der Waals surface area contributed by atoms with Gasteiger partial charge in [-0.05, 0) is 19.8 Å². The van der Waals surface area contributed by atoms with Gasteiger partial charge in [0.25, 0.3) is 0 Å². The maximum atomic E-state index is 11.5. The molecule has 2 N–H and O–H groups in total. The SMILES string of the molecule is CCCC(=O)N(CC)CCCC(N)=O. The summed E-state index contributed by atoms with van der Waals surface area (Å²) in [5.74, 6) is -0.136. The number of carbonyl (C=O) groups excluding carboxylic acids is 2. The molecule has 0 unspecified atom stereocenters. The Hall–Kier alpha value is -1.06. The Labute approximate surface area is 85.4 Å². The molecule has 0 aromatic carbocycles. The van der Waals surface area contributed by atoms with Crippen molar-refractivity contribution in [2.45, 2.75) is 39.5 Å². The largest absolute Gasteiger partial charge is 0.370 e. The first-order chi connectivity index (χ1) is 6.61. The summed E-state index contributed by atoms with van der Waals surface area (Å²) in [6.07, 6.45) is 2.48. The van der Waals surface area contributed by atoms with E-state index < -0.39 is 0 Å². The van der Waals surface area contributed by atoms with E-state index in [0.717, 1.165) is 6.42 Å². The smallest absolute Gasteiger partial charge is 0.222 e. The molecule has 0 saturated heterocycles. The Morgan fingerprint density at radius 1 is 1.21 bits per heavy atom. The number of primary amides is 1.